The van der Waals surface area contributed by atoms with E-state index in [0.717, 1.165) is 0 Å². The zero-order valence-corrected chi connectivity index (χ0v) is 14.2. The lowest BCUT2D eigenvalue weighted by Gasteiger charge is -2.35. The summed E-state index contributed by atoms with van der Waals surface area (Å²) in [6.45, 7) is 12.1. The highest BCUT2D eigenvalue weighted by molar-refractivity contribution is 7.98. The number of nitrogens with two attached hydrogens (primary N) is 1. The number of nitrogens with zero attached hydrogens (tertiary/aromatic N) is 1. The van der Waals surface area contributed by atoms with Crippen LogP contribution in [0, 0.1) is 0 Å². The Bertz CT molecular complexity index is 213. The summed E-state index contributed by atoms with van der Waals surface area (Å²) in [7, 11) is 1.50. The maximum atomic E-state index is 4.50. The maximum absolute atomic E-state index is 4.50. The fraction of sp³-hybridized carbons (Fsp3) is 0.625. The molecule has 0 saturated heterocycles. The molecule has 19 heavy (non-hydrogen) atoms. The number of hydrogen-bond acceptors (Lipinski definition) is 2. The number of thioether (sulfide) groups is 1. The highest BCUT2D eigenvalue weighted by Gasteiger charge is 2.18. The minimum Gasteiger partial charge on any atom is -0.333 e. The van der Waals surface area contributed by atoms with E-state index >= 15 is 0 Å². The lowest BCUT2D eigenvalue weighted by atomic mass is 10.3. The molecule has 0 heterocycles. The third kappa shape index (κ3) is 11.0. The predicted octanol–water partition coefficient (Wildman–Crippen LogP) is 3.49. The Morgan fingerprint density at radius 2 is 1.11 bits per heavy atom. The second kappa shape index (κ2) is 15.5. The van der Waals surface area contributed by atoms with Crippen molar-refractivity contribution in [3.8, 4) is 0 Å². The molecule has 0 fully saturated rings. The van der Waals surface area contributed by atoms with Crippen LogP contribution in [0.3, 0.4) is 0 Å². The molecule has 0 amide bonds. The van der Waals surface area contributed by atoms with E-state index in [9.17, 15) is 0 Å². The van der Waals surface area contributed by atoms with Gasteiger partial charge in [-0.2, -0.15) is 11.8 Å². The predicted molar refractivity (Wildman–Crippen MR) is 91.7 cm³/mol. The first-order chi connectivity index (χ1) is 9.24. The first-order valence-electron chi connectivity index (χ1n) is 7.16. The third-order valence-electron chi connectivity index (χ3n) is 3.45. The molecule has 1 rings (SSSR count). The van der Waals surface area contributed by atoms with Crippen molar-refractivity contribution >= 4 is 11.8 Å². The average molecular weight is 286 g/mol. The first-order valence-corrected chi connectivity index (χ1v) is 8.55. The molecule has 0 aliphatic heterocycles. The topological polar surface area (TPSA) is 26.0 Å². The van der Waals surface area contributed by atoms with Crippen molar-refractivity contribution in [2.45, 2.75) is 20.8 Å². The van der Waals surface area contributed by atoms with Gasteiger partial charge in [0.15, 0.2) is 0 Å². The standard InChI is InChI=1S/C9H22NS.C6H6.CH5N/c1-5-10(6-2,7-3)8-9-11-4;1-2-4-6-5-3-1;1-2/h5-9H2,1-4H3;1-6H;2H2,1H3/q+1;;. The van der Waals surface area contributed by atoms with Gasteiger partial charge in [-0.15, -0.1) is 0 Å². The van der Waals surface area contributed by atoms with Gasteiger partial charge in [0.1, 0.15) is 0 Å². The van der Waals surface area contributed by atoms with Crippen LogP contribution < -0.4 is 5.73 Å². The van der Waals surface area contributed by atoms with Gasteiger partial charge in [-0.25, -0.2) is 0 Å². The Hall–Kier alpha value is -0.510. The highest BCUT2D eigenvalue weighted by atomic mass is 32.2. The van der Waals surface area contributed by atoms with Crippen LogP contribution in [0.4, 0.5) is 0 Å². The lowest BCUT2D eigenvalue weighted by Crippen LogP contribution is -2.48. The monoisotopic (exact) mass is 285 g/mol. The van der Waals surface area contributed by atoms with Crippen molar-refractivity contribution in [2.75, 3.05) is 45.2 Å². The van der Waals surface area contributed by atoms with Crippen LogP contribution in [0.5, 0.6) is 0 Å². The van der Waals surface area contributed by atoms with E-state index in [4.69, 9.17) is 0 Å². The summed E-state index contributed by atoms with van der Waals surface area (Å²) in [6, 6.07) is 12.0. The highest BCUT2D eigenvalue weighted by Crippen LogP contribution is 2.07. The molecule has 0 aliphatic rings. The van der Waals surface area contributed by atoms with Crippen molar-refractivity contribution in [1.29, 1.82) is 0 Å². The summed E-state index contributed by atoms with van der Waals surface area (Å²) < 4.78 is 1.29. The normalized spacial score (nSPS) is 9.79. The number of benzene rings is 1. The molecule has 2 N–H and O–H groups in total. The Kier molecular flexibility index (Phi) is 17.0. The van der Waals surface area contributed by atoms with Crippen LogP contribution in [0.15, 0.2) is 36.4 Å². The van der Waals surface area contributed by atoms with Gasteiger partial charge in [0.05, 0.1) is 26.2 Å². The van der Waals surface area contributed by atoms with Crippen LogP contribution in [-0.4, -0.2) is 49.7 Å². The minimum absolute atomic E-state index is 1.29. The number of quaternary nitrogens is 1. The number of rotatable bonds is 6. The van der Waals surface area contributed by atoms with Crippen LogP contribution >= 0.6 is 11.8 Å². The Morgan fingerprint density at radius 1 is 0.789 bits per heavy atom. The van der Waals surface area contributed by atoms with Crippen molar-refractivity contribution < 1.29 is 4.48 Å². The van der Waals surface area contributed by atoms with Crippen LogP contribution in [0.1, 0.15) is 20.8 Å². The fourth-order valence-corrected chi connectivity index (χ4v) is 2.38. The van der Waals surface area contributed by atoms with E-state index in [1.54, 1.807) is 0 Å². The molecule has 0 saturated carbocycles. The number of hydrogen-bond donors (Lipinski definition) is 1. The van der Waals surface area contributed by atoms with E-state index in [0.29, 0.717) is 0 Å². The van der Waals surface area contributed by atoms with Gasteiger partial charge < -0.3 is 10.2 Å². The smallest absolute Gasteiger partial charge is 0.0878 e. The van der Waals surface area contributed by atoms with Crippen molar-refractivity contribution in [3.05, 3.63) is 36.4 Å². The average Bonchev–Trinajstić information content (AvgIpc) is 2.54. The van der Waals surface area contributed by atoms with Gasteiger partial charge in [-0.05, 0) is 34.1 Å². The van der Waals surface area contributed by atoms with Gasteiger partial charge in [-0.1, -0.05) is 36.4 Å². The molecule has 0 atom stereocenters. The Balaban J connectivity index is 0. The van der Waals surface area contributed by atoms with E-state index < -0.39 is 0 Å². The van der Waals surface area contributed by atoms with Gasteiger partial charge in [0.25, 0.3) is 0 Å². The molecular weight excluding hydrogens is 252 g/mol. The van der Waals surface area contributed by atoms with Crippen LogP contribution in [0.2, 0.25) is 0 Å². The molecule has 0 aliphatic carbocycles. The van der Waals surface area contributed by atoms with E-state index in [1.165, 1.54) is 43.5 Å². The molecule has 1 aromatic rings. The molecule has 112 valence electrons. The van der Waals surface area contributed by atoms with Crippen molar-refractivity contribution in [3.63, 3.8) is 0 Å². The summed E-state index contributed by atoms with van der Waals surface area (Å²) in [5.74, 6) is 1.30. The zero-order chi connectivity index (χ0) is 15.0. The lowest BCUT2D eigenvalue weighted by molar-refractivity contribution is -0.920. The molecule has 0 spiro atoms. The maximum Gasteiger partial charge on any atom is 0.0878 e. The van der Waals surface area contributed by atoms with E-state index in [2.05, 4.69) is 32.8 Å². The van der Waals surface area contributed by atoms with Crippen molar-refractivity contribution in [2.24, 2.45) is 5.73 Å². The summed E-state index contributed by atoms with van der Waals surface area (Å²) >= 11 is 1.96. The summed E-state index contributed by atoms with van der Waals surface area (Å²) in [5, 5.41) is 0. The quantitative estimate of drug-likeness (QED) is 0.810. The summed E-state index contributed by atoms with van der Waals surface area (Å²) in [4.78, 5) is 0. The molecule has 0 bridgehead atoms. The SMILES string of the molecule is CC[N+](CC)(CC)CCSC.CN.c1ccccc1. The first kappa shape index (κ1) is 20.8. The van der Waals surface area contributed by atoms with Crippen molar-refractivity contribution in [1.82, 2.24) is 0 Å². The zero-order valence-electron chi connectivity index (χ0n) is 13.4. The molecule has 1 aromatic carbocycles. The fourth-order valence-electron chi connectivity index (χ4n) is 1.81. The molecule has 3 heteroatoms. The Labute approximate surface area is 125 Å². The molecule has 0 unspecified atom stereocenters. The second-order valence-corrected chi connectivity index (χ2v) is 5.15. The third-order valence-corrected chi connectivity index (χ3v) is 4.04. The summed E-state index contributed by atoms with van der Waals surface area (Å²) in [6.07, 6.45) is 2.19. The molecule has 0 aromatic heterocycles. The van der Waals surface area contributed by atoms with Gasteiger partial charge in [-0.3, -0.25) is 0 Å². The summed E-state index contributed by atoms with van der Waals surface area (Å²) in [5.41, 5.74) is 4.50. The van der Waals surface area contributed by atoms with E-state index in [1.807, 2.05) is 48.2 Å². The minimum atomic E-state index is 1.29. The molecular formula is C16H33N2S+. The molecule has 2 nitrogen and oxygen atoms in total. The van der Waals surface area contributed by atoms with Gasteiger partial charge in [0, 0.05) is 5.75 Å². The second-order valence-electron chi connectivity index (χ2n) is 4.16. The Morgan fingerprint density at radius 3 is 1.32 bits per heavy atom. The van der Waals surface area contributed by atoms with Gasteiger partial charge in [0.2, 0.25) is 0 Å². The van der Waals surface area contributed by atoms with Crippen LogP contribution in [0.25, 0.3) is 0 Å². The molecule has 0 radical (unpaired) electrons. The van der Waals surface area contributed by atoms with Gasteiger partial charge >= 0.3 is 0 Å². The largest absolute Gasteiger partial charge is 0.333 e. The van der Waals surface area contributed by atoms with E-state index in [-0.39, 0.29) is 0 Å². The van der Waals surface area contributed by atoms with Crippen LogP contribution in [-0.2, 0) is 0 Å².